The summed E-state index contributed by atoms with van der Waals surface area (Å²) < 4.78 is 1.30. The minimum absolute atomic E-state index is 0.0970. The summed E-state index contributed by atoms with van der Waals surface area (Å²) in [5.41, 5.74) is 0.604. The molecule has 0 fully saturated rings. The van der Waals surface area contributed by atoms with Crippen LogP contribution in [0.15, 0.2) is 36.7 Å². The number of hydrogen-bond donors (Lipinski definition) is 2. The predicted octanol–water partition coefficient (Wildman–Crippen LogP) is 3.58. The maximum Gasteiger partial charge on any atom is 0.230 e. The van der Waals surface area contributed by atoms with Gasteiger partial charge in [-0.25, -0.2) is 14.5 Å². The number of hydrogen-bond acceptors (Lipinski definition) is 4. The van der Waals surface area contributed by atoms with Gasteiger partial charge in [0.05, 0.1) is 5.56 Å². The molecular weight excluding hydrogens is 352 g/mol. The Morgan fingerprint density at radius 3 is 2.62 bits per heavy atom. The van der Waals surface area contributed by atoms with Crippen molar-refractivity contribution in [3.05, 3.63) is 47.2 Å². The van der Waals surface area contributed by atoms with Gasteiger partial charge in [0.25, 0.3) is 0 Å². The fourth-order valence-corrected chi connectivity index (χ4v) is 2.20. The van der Waals surface area contributed by atoms with Gasteiger partial charge in [0, 0.05) is 22.0 Å². The lowest BCUT2D eigenvalue weighted by Gasteiger charge is -2.16. The molecule has 2 heterocycles. The zero-order valence-corrected chi connectivity index (χ0v) is 15.3. The lowest BCUT2D eigenvalue weighted by atomic mass is 9.96. The minimum Gasteiger partial charge on any atom is -0.493 e. The number of aromatic hydroxyl groups is 1. The Morgan fingerprint density at radius 1 is 1.27 bits per heavy atom. The molecule has 0 bridgehead atoms. The minimum atomic E-state index is -0.551. The average molecular weight is 369 g/mol. The van der Waals surface area contributed by atoms with Crippen molar-refractivity contribution in [3.63, 3.8) is 0 Å². The number of fused-ring (bicyclic) bond motifs is 1. The Hall–Kier alpha value is -3.04. The highest BCUT2D eigenvalue weighted by molar-refractivity contribution is 6.30. The van der Waals surface area contributed by atoms with Crippen molar-refractivity contribution in [2.45, 2.75) is 20.8 Å². The van der Waals surface area contributed by atoms with Gasteiger partial charge in [-0.3, -0.25) is 4.79 Å². The van der Waals surface area contributed by atoms with E-state index in [1.807, 2.05) is 0 Å². The van der Waals surface area contributed by atoms with E-state index in [4.69, 9.17) is 11.6 Å². The summed E-state index contributed by atoms with van der Waals surface area (Å²) in [4.78, 5) is 20.5. The van der Waals surface area contributed by atoms with E-state index >= 15 is 0 Å². The van der Waals surface area contributed by atoms with Crippen LogP contribution in [0.5, 0.6) is 5.88 Å². The maximum absolute atomic E-state index is 12.1. The van der Waals surface area contributed by atoms with Crippen LogP contribution < -0.4 is 5.32 Å². The van der Waals surface area contributed by atoms with Gasteiger partial charge in [0.15, 0.2) is 5.82 Å². The van der Waals surface area contributed by atoms with Crippen LogP contribution in [0.1, 0.15) is 26.3 Å². The molecule has 1 aromatic carbocycles. The zero-order chi connectivity index (χ0) is 18.9. The second-order valence-electron chi connectivity index (χ2n) is 6.76. The fraction of sp³-hybridized carbons (Fsp3) is 0.211. The largest absolute Gasteiger partial charge is 0.493 e. The third kappa shape index (κ3) is 3.79. The molecule has 6 nitrogen and oxygen atoms in total. The highest BCUT2D eigenvalue weighted by Crippen LogP contribution is 2.31. The van der Waals surface area contributed by atoms with E-state index in [1.54, 1.807) is 51.1 Å². The number of nitrogens with zero attached hydrogens (tertiary/aromatic N) is 3. The number of nitrogens with one attached hydrogen (secondary N) is 1. The molecule has 0 unspecified atom stereocenters. The first kappa shape index (κ1) is 17.8. The molecule has 7 heteroatoms. The number of carbonyl (C=O) groups excluding carboxylic acids is 1. The topological polar surface area (TPSA) is 80.0 Å². The van der Waals surface area contributed by atoms with E-state index in [0.29, 0.717) is 22.2 Å². The van der Waals surface area contributed by atoms with E-state index in [9.17, 15) is 9.90 Å². The lowest BCUT2D eigenvalue weighted by Crippen LogP contribution is -2.27. The van der Waals surface area contributed by atoms with Crippen LogP contribution in [0.3, 0.4) is 0 Å². The maximum atomic E-state index is 12.1. The number of anilines is 1. The van der Waals surface area contributed by atoms with Gasteiger partial charge in [-0.15, -0.1) is 0 Å². The highest BCUT2D eigenvalue weighted by atomic mass is 35.5. The van der Waals surface area contributed by atoms with Crippen molar-refractivity contribution in [1.82, 2.24) is 14.5 Å². The molecule has 2 aliphatic heterocycles. The van der Waals surface area contributed by atoms with Crippen LogP contribution >= 0.6 is 11.6 Å². The first-order chi connectivity index (χ1) is 12.2. The van der Waals surface area contributed by atoms with Crippen LogP contribution in [0.4, 0.5) is 5.82 Å². The van der Waals surface area contributed by atoms with E-state index < -0.39 is 5.41 Å². The Kier molecular flexibility index (Phi) is 4.58. The van der Waals surface area contributed by atoms with Crippen LogP contribution in [0, 0.1) is 17.4 Å². The highest BCUT2D eigenvalue weighted by Gasteiger charge is 2.24. The molecule has 0 saturated carbocycles. The summed E-state index contributed by atoms with van der Waals surface area (Å²) in [6.07, 6.45) is 1.38. The van der Waals surface area contributed by atoms with E-state index in [1.165, 1.54) is 10.9 Å². The third-order valence-electron chi connectivity index (χ3n) is 3.60. The Labute approximate surface area is 156 Å². The Balaban J connectivity index is 1.91. The van der Waals surface area contributed by atoms with Crippen LogP contribution in [0.2, 0.25) is 5.02 Å². The number of aromatic nitrogens is 3. The van der Waals surface area contributed by atoms with Gasteiger partial charge < -0.3 is 10.4 Å². The molecule has 3 rings (SSSR count). The van der Waals surface area contributed by atoms with Crippen molar-refractivity contribution < 1.29 is 9.90 Å². The predicted molar refractivity (Wildman–Crippen MR) is 100 cm³/mol. The van der Waals surface area contributed by atoms with Gasteiger partial charge in [-0.05, 0) is 36.3 Å². The summed E-state index contributed by atoms with van der Waals surface area (Å²) >= 11 is 5.85. The Bertz CT molecular complexity index is 991. The normalized spacial score (nSPS) is 11.1. The van der Waals surface area contributed by atoms with Crippen LogP contribution in [-0.4, -0.2) is 25.5 Å². The summed E-state index contributed by atoms with van der Waals surface area (Å²) in [6, 6.07) is 11.4. The van der Waals surface area contributed by atoms with Crippen molar-refractivity contribution in [2.24, 2.45) is 5.41 Å². The molecular formula is C19H17ClN4O2. The SMILES string of the molecule is CC(C)(C)C(=O)Nc1cc2c(O)n(C#Cc3ccc(Cl)cc3)cnc-2n1. The van der Waals surface area contributed by atoms with Crippen LogP contribution in [-0.2, 0) is 4.79 Å². The van der Waals surface area contributed by atoms with Crippen molar-refractivity contribution in [1.29, 1.82) is 0 Å². The molecule has 0 radical (unpaired) electrons. The molecule has 0 aromatic heterocycles. The molecule has 0 saturated heterocycles. The number of amides is 1. The quantitative estimate of drug-likeness (QED) is 0.643. The summed E-state index contributed by atoms with van der Waals surface area (Å²) in [5, 5.41) is 13.8. The van der Waals surface area contributed by atoms with Crippen molar-refractivity contribution in [2.75, 3.05) is 5.32 Å². The third-order valence-corrected chi connectivity index (χ3v) is 3.85. The van der Waals surface area contributed by atoms with Crippen molar-refractivity contribution in [3.8, 4) is 29.2 Å². The number of rotatable bonds is 1. The summed E-state index contributed by atoms with van der Waals surface area (Å²) in [5.74, 6) is 3.32. The Morgan fingerprint density at radius 2 is 1.96 bits per heavy atom. The van der Waals surface area contributed by atoms with E-state index in [-0.39, 0.29) is 11.8 Å². The van der Waals surface area contributed by atoms with Gasteiger partial charge >= 0.3 is 0 Å². The molecule has 2 N–H and O–H groups in total. The van der Waals surface area contributed by atoms with Gasteiger partial charge in [-0.1, -0.05) is 32.4 Å². The molecule has 1 aromatic rings. The molecule has 26 heavy (non-hydrogen) atoms. The molecule has 1 amide bonds. The number of benzene rings is 1. The molecule has 132 valence electrons. The van der Waals surface area contributed by atoms with E-state index in [2.05, 4.69) is 27.2 Å². The first-order valence-electron chi connectivity index (χ1n) is 7.90. The fourth-order valence-electron chi connectivity index (χ4n) is 2.08. The average Bonchev–Trinajstić information content (AvgIpc) is 2.98. The second-order valence-corrected chi connectivity index (χ2v) is 7.20. The monoisotopic (exact) mass is 368 g/mol. The molecule has 0 aliphatic carbocycles. The van der Waals surface area contributed by atoms with E-state index in [0.717, 1.165) is 5.56 Å². The smallest absolute Gasteiger partial charge is 0.230 e. The number of carbonyl (C=O) groups is 1. The summed E-state index contributed by atoms with van der Waals surface area (Å²) in [6.45, 7) is 5.42. The van der Waals surface area contributed by atoms with Gasteiger partial charge in [0.1, 0.15) is 12.1 Å². The lowest BCUT2D eigenvalue weighted by molar-refractivity contribution is -0.123. The molecule has 2 aliphatic rings. The van der Waals surface area contributed by atoms with Gasteiger partial charge in [-0.2, -0.15) is 0 Å². The second kappa shape index (κ2) is 6.70. The standard InChI is InChI=1S/C19H17ClN4O2/c1-19(2,3)18(26)23-15-10-14-16(22-15)21-11-24(17(14)25)9-8-12-4-6-13(20)7-5-12/h4-7,10-11,25H,1-3H3,(H,23,26). The van der Waals surface area contributed by atoms with Crippen LogP contribution in [0.25, 0.3) is 11.4 Å². The summed E-state index contributed by atoms with van der Waals surface area (Å²) in [7, 11) is 0. The number of halogens is 1. The molecule has 0 spiro atoms. The zero-order valence-electron chi connectivity index (χ0n) is 14.5. The first-order valence-corrected chi connectivity index (χ1v) is 8.28. The van der Waals surface area contributed by atoms with Crippen molar-refractivity contribution >= 4 is 23.3 Å². The molecule has 0 atom stereocenters. The van der Waals surface area contributed by atoms with Gasteiger partial charge in [0.2, 0.25) is 11.8 Å².